The van der Waals surface area contributed by atoms with Crippen molar-refractivity contribution in [3.05, 3.63) is 17.7 Å². The molecule has 0 amide bonds. The molecule has 13 heavy (non-hydrogen) atoms. The van der Waals surface area contributed by atoms with Crippen molar-refractivity contribution >= 4 is 0 Å². The van der Waals surface area contributed by atoms with Crippen LogP contribution >= 0.6 is 0 Å². The van der Waals surface area contributed by atoms with Gasteiger partial charge in [-0.15, -0.1) is 5.92 Å². The molecule has 2 heteroatoms. The molecular formula is C11H16N2. The summed E-state index contributed by atoms with van der Waals surface area (Å²) in [6.45, 7) is 8.93. The molecule has 0 unspecified atom stereocenters. The molecule has 0 spiro atoms. The van der Waals surface area contributed by atoms with E-state index in [9.17, 15) is 0 Å². The van der Waals surface area contributed by atoms with Gasteiger partial charge in [0.2, 0.25) is 0 Å². The largest absolute Gasteiger partial charge is 0.323 e. The molecule has 0 aliphatic heterocycles. The van der Waals surface area contributed by atoms with Gasteiger partial charge in [0.05, 0.1) is 12.2 Å². The lowest BCUT2D eigenvalue weighted by Gasteiger charge is -2.05. The van der Waals surface area contributed by atoms with Crippen molar-refractivity contribution in [1.82, 2.24) is 9.55 Å². The summed E-state index contributed by atoms with van der Waals surface area (Å²) in [7, 11) is 0. The summed E-state index contributed by atoms with van der Waals surface area (Å²) in [6.07, 6.45) is 2.06. The molecule has 0 aromatic carbocycles. The van der Waals surface area contributed by atoms with Crippen LogP contribution in [-0.2, 0) is 6.54 Å². The second-order valence-electron chi connectivity index (χ2n) is 3.45. The van der Waals surface area contributed by atoms with E-state index in [2.05, 4.69) is 41.4 Å². The minimum atomic E-state index is 0.465. The van der Waals surface area contributed by atoms with Crippen LogP contribution in [0, 0.1) is 18.8 Å². The van der Waals surface area contributed by atoms with Crippen molar-refractivity contribution in [2.75, 3.05) is 0 Å². The lowest BCUT2D eigenvalue weighted by molar-refractivity contribution is 0.685. The molecule has 1 aromatic heterocycles. The van der Waals surface area contributed by atoms with Crippen molar-refractivity contribution < 1.29 is 0 Å². The van der Waals surface area contributed by atoms with Gasteiger partial charge in [0.15, 0.2) is 0 Å². The van der Waals surface area contributed by atoms with E-state index in [0.717, 1.165) is 18.1 Å². The zero-order chi connectivity index (χ0) is 9.84. The molecule has 0 N–H and O–H groups in total. The Hall–Kier alpha value is -1.23. The summed E-state index contributed by atoms with van der Waals surface area (Å²) in [5.74, 6) is 7.53. The van der Waals surface area contributed by atoms with Gasteiger partial charge in [-0.2, -0.15) is 0 Å². The van der Waals surface area contributed by atoms with Crippen molar-refractivity contribution in [3.8, 4) is 11.8 Å². The summed E-state index contributed by atoms with van der Waals surface area (Å²) in [5.41, 5.74) is 1.07. The molecule has 1 rings (SSSR count). The SMILES string of the molecule is CC#CCn1cc(C)nc1C(C)C. The molecule has 1 aromatic rings. The van der Waals surface area contributed by atoms with Crippen LogP contribution in [0.1, 0.15) is 38.2 Å². The van der Waals surface area contributed by atoms with Crippen molar-refractivity contribution in [1.29, 1.82) is 0 Å². The summed E-state index contributed by atoms with van der Waals surface area (Å²) < 4.78 is 2.12. The van der Waals surface area contributed by atoms with Gasteiger partial charge in [-0.25, -0.2) is 4.98 Å². The van der Waals surface area contributed by atoms with Crippen LogP contribution in [0.3, 0.4) is 0 Å². The first-order valence-electron chi connectivity index (χ1n) is 4.58. The van der Waals surface area contributed by atoms with Crippen molar-refractivity contribution in [3.63, 3.8) is 0 Å². The third-order valence-corrected chi connectivity index (χ3v) is 1.87. The fourth-order valence-electron chi connectivity index (χ4n) is 1.32. The first kappa shape index (κ1) is 9.85. The minimum absolute atomic E-state index is 0.465. The Bertz CT molecular complexity index is 337. The molecule has 0 saturated heterocycles. The molecule has 0 atom stereocenters. The Balaban J connectivity index is 2.95. The van der Waals surface area contributed by atoms with Gasteiger partial charge in [0.1, 0.15) is 5.82 Å². The summed E-state index contributed by atoms with van der Waals surface area (Å²) in [6, 6.07) is 0. The highest BCUT2D eigenvalue weighted by Crippen LogP contribution is 2.13. The molecule has 0 aliphatic rings. The maximum atomic E-state index is 4.46. The van der Waals surface area contributed by atoms with Crippen molar-refractivity contribution in [2.45, 2.75) is 40.2 Å². The molecule has 0 fully saturated rings. The molecular weight excluding hydrogens is 160 g/mol. The zero-order valence-electron chi connectivity index (χ0n) is 8.76. The van der Waals surface area contributed by atoms with Crippen molar-refractivity contribution in [2.24, 2.45) is 0 Å². The number of hydrogen-bond acceptors (Lipinski definition) is 1. The summed E-state index contributed by atoms with van der Waals surface area (Å²) in [4.78, 5) is 4.46. The van der Waals surface area contributed by atoms with Gasteiger partial charge in [-0.1, -0.05) is 19.8 Å². The van der Waals surface area contributed by atoms with Gasteiger partial charge in [0, 0.05) is 12.1 Å². The number of imidazole rings is 1. The molecule has 0 radical (unpaired) electrons. The fourth-order valence-corrected chi connectivity index (χ4v) is 1.32. The highest BCUT2D eigenvalue weighted by atomic mass is 15.1. The van der Waals surface area contributed by atoms with Gasteiger partial charge >= 0.3 is 0 Å². The van der Waals surface area contributed by atoms with Crippen LogP contribution in [0.2, 0.25) is 0 Å². The predicted octanol–water partition coefficient (Wildman–Crippen LogP) is 2.34. The van der Waals surface area contributed by atoms with Crippen LogP contribution in [0.4, 0.5) is 0 Å². The van der Waals surface area contributed by atoms with Gasteiger partial charge in [-0.05, 0) is 13.8 Å². The van der Waals surface area contributed by atoms with Crippen LogP contribution in [0.25, 0.3) is 0 Å². The highest BCUT2D eigenvalue weighted by Gasteiger charge is 2.07. The Morgan fingerprint density at radius 2 is 2.23 bits per heavy atom. The molecule has 2 nitrogen and oxygen atoms in total. The van der Waals surface area contributed by atoms with Gasteiger partial charge in [-0.3, -0.25) is 0 Å². The second-order valence-corrected chi connectivity index (χ2v) is 3.45. The summed E-state index contributed by atoms with van der Waals surface area (Å²) in [5, 5.41) is 0. The number of aromatic nitrogens is 2. The average molecular weight is 176 g/mol. The Morgan fingerprint density at radius 1 is 1.54 bits per heavy atom. The van der Waals surface area contributed by atoms with E-state index >= 15 is 0 Å². The quantitative estimate of drug-likeness (QED) is 0.632. The fraction of sp³-hybridized carbons (Fsp3) is 0.545. The molecule has 0 saturated carbocycles. The number of aryl methyl sites for hydroxylation is 1. The normalized spacial score (nSPS) is 9.92. The van der Waals surface area contributed by atoms with E-state index in [-0.39, 0.29) is 0 Å². The second kappa shape index (κ2) is 4.13. The minimum Gasteiger partial charge on any atom is -0.323 e. The van der Waals surface area contributed by atoms with E-state index in [1.54, 1.807) is 0 Å². The third-order valence-electron chi connectivity index (χ3n) is 1.87. The van der Waals surface area contributed by atoms with E-state index in [4.69, 9.17) is 0 Å². The van der Waals surface area contributed by atoms with Crippen LogP contribution < -0.4 is 0 Å². The Morgan fingerprint density at radius 3 is 2.77 bits per heavy atom. The molecule has 0 bridgehead atoms. The first-order chi connectivity index (χ1) is 6.15. The highest BCUT2D eigenvalue weighted by molar-refractivity contribution is 5.08. The zero-order valence-corrected chi connectivity index (χ0v) is 8.76. The Kier molecular flexibility index (Phi) is 3.13. The molecule has 0 aliphatic carbocycles. The third kappa shape index (κ3) is 2.35. The van der Waals surface area contributed by atoms with Crippen LogP contribution in [0.15, 0.2) is 6.20 Å². The maximum absolute atomic E-state index is 4.46. The number of rotatable bonds is 2. The van der Waals surface area contributed by atoms with E-state index in [0.29, 0.717) is 5.92 Å². The standard InChI is InChI=1S/C11H16N2/c1-5-6-7-13-8-10(4)12-11(13)9(2)3/h8-9H,7H2,1-4H3. The number of nitrogens with zero attached hydrogens (tertiary/aromatic N) is 2. The maximum Gasteiger partial charge on any atom is 0.112 e. The van der Waals surface area contributed by atoms with Gasteiger partial charge < -0.3 is 4.57 Å². The smallest absolute Gasteiger partial charge is 0.112 e. The topological polar surface area (TPSA) is 17.8 Å². The lowest BCUT2D eigenvalue weighted by atomic mass is 10.2. The monoisotopic (exact) mass is 176 g/mol. The average Bonchev–Trinajstić information content (AvgIpc) is 2.43. The predicted molar refractivity (Wildman–Crippen MR) is 54.5 cm³/mol. The van der Waals surface area contributed by atoms with E-state index in [1.165, 1.54) is 0 Å². The lowest BCUT2D eigenvalue weighted by Crippen LogP contribution is -2.03. The van der Waals surface area contributed by atoms with Gasteiger partial charge in [0.25, 0.3) is 0 Å². The van der Waals surface area contributed by atoms with Crippen LogP contribution in [0.5, 0.6) is 0 Å². The number of hydrogen-bond donors (Lipinski definition) is 0. The Labute approximate surface area is 80.0 Å². The summed E-state index contributed by atoms with van der Waals surface area (Å²) >= 11 is 0. The molecule has 70 valence electrons. The van der Waals surface area contributed by atoms with E-state index in [1.807, 2.05) is 13.8 Å². The molecule has 1 heterocycles. The first-order valence-corrected chi connectivity index (χ1v) is 4.58. The van der Waals surface area contributed by atoms with E-state index < -0.39 is 0 Å². The van der Waals surface area contributed by atoms with Crippen LogP contribution in [-0.4, -0.2) is 9.55 Å².